The number of carbonyl (C=O) groups is 1. The lowest BCUT2D eigenvalue weighted by Crippen LogP contribution is -2.50. The molecule has 2 aliphatic heterocycles. The minimum atomic E-state index is -4.52. The zero-order valence-electron chi connectivity index (χ0n) is 20.5. The second kappa shape index (κ2) is 10.5. The van der Waals surface area contributed by atoms with Crippen molar-refractivity contribution >= 4 is 21.8 Å². The summed E-state index contributed by atoms with van der Waals surface area (Å²) in [6, 6.07) is 10.5. The van der Waals surface area contributed by atoms with E-state index in [-0.39, 0.29) is 49.7 Å². The third-order valence-corrected chi connectivity index (χ3v) is 8.92. The van der Waals surface area contributed by atoms with E-state index in [0.717, 1.165) is 35.2 Å². The first-order chi connectivity index (χ1) is 17.4. The molecule has 1 spiro atoms. The zero-order valence-corrected chi connectivity index (χ0v) is 21.3. The smallest absolute Gasteiger partial charge is 0.396 e. The number of hydrogen-bond acceptors (Lipinski definition) is 5. The highest BCUT2D eigenvalue weighted by Gasteiger charge is 2.47. The van der Waals surface area contributed by atoms with Crippen molar-refractivity contribution in [3.63, 3.8) is 0 Å². The van der Waals surface area contributed by atoms with Gasteiger partial charge in [0.25, 0.3) is 5.91 Å². The Morgan fingerprint density at radius 3 is 2.49 bits per heavy atom. The number of hydrogen-bond donors (Lipinski definition) is 2. The predicted molar refractivity (Wildman–Crippen MR) is 134 cm³/mol. The van der Waals surface area contributed by atoms with E-state index in [1.165, 1.54) is 16.4 Å². The summed E-state index contributed by atoms with van der Waals surface area (Å²) in [5.41, 5.74) is 1.18. The number of rotatable bonds is 8. The number of aliphatic hydroxyl groups excluding tert-OH is 1. The second-order valence-corrected chi connectivity index (χ2v) is 11.7. The van der Waals surface area contributed by atoms with E-state index >= 15 is 0 Å². The molecule has 37 heavy (non-hydrogen) atoms. The van der Waals surface area contributed by atoms with E-state index in [9.17, 15) is 26.4 Å². The Kier molecular flexibility index (Phi) is 7.77. The number of carbonyl (C=O) groups excluding carboxylic acids is 1. The molecule has 0 radical (unpaired) electrons. The number of aliphatic hydroxyl groups is 1. The van der Waals surface area contributed by atoms with Gasteiger partial charge in [-0.2, -0.15) is 13.2 Å². The Morgan fingerprint density at radius 1 is 1.11 bits per heavy atom. The number of amidine groups is 1. The highest BCUT2D eigenvalue weighted by atomic mass is 32.2. The SMILES string of the molecule is Cc1cc(CCCO)ccc1CCS(=O)(=O)N1CCC2(CC1)N=C(c1cccc(C(F)(F)F)c1)NC2=O. The van der Waals surface area contributed by atoms with Crippen LogP contribution in [0.4, 0.5) is 13.2 Å². The molecule has 7 nitrogen and oxygen atoms in total. The predicted octanol–water partition coefficient (Wildman–Crippen LogP) is 3.22. The third-order valence-electron chi connectivity index (χ3n) is 7.05. The van der Waals surface area contributed by atoms with Crippen LogP contribution in [0.25, 0.3) is 0 Å². The van der Waals surface area contributed by atoms with Crippen molar-refractivity contribution < 1.29 is 31.5 Å². The number of nitrogens with zero attached hydrogens (tertiary/aromatic N) is 2. The summed E-state index contributed by atoms with van der Waals surface area (Å²) in [5, 5.41) is 11.6. The molecule has 0 unspecified atom stereocenters. The molecule has 0 aromatic heterocycles. The molecule has 1 saturated heterocycles. The molecule has 200 valence electrons. The number of nitrogens with one attached hydrogen (secondary N) is 1. The lowest BCUT2D eigenvalue weighted by atomic mass is 9.89. The Hall–Kier alpha value is -2.76. The van der Waals surface area contributed by atoms with E-state index in [2.05, 4.69) is 10.3 Å². The number of amides is 1. The van der Waals surface area contributed by atoms with Crippen LogP contribution in [-0.4, -0.2) is 60.6 Å². The first kappa shape index (κ1) is 27.3. The number of piperidine rings is 1. The molecular weight excluding hydrogens is 507 g/mol. The summed E-state index contributed by atoms with van der Waals surface area (Å²) in [5.74, 6) is -0.416. The van der Waals surface area contributed by atoms with Crippen LogP contribution in [0.2, 0.25) is 0 Å². The molecule has 2 aromatic rings. The van der Waals surface area contributed by atoms with Crippen LogP contribution in [-0.2, 0) is 33.8 Å². The maximum atomic E-state index is 13.1. The largest absolute Gasteiger partial charge is 0.416 e. The van der Waals surface area contributed by atoms with E-state index < -0.39 is 33.2 Å². The fourth-order valence-electron chi connectivity index (χ4n) is 4.81. The summed E-state index contributed by atoms with van der Waals surface area (Å²) < 4.78 is 66.7. The first-order valence-electron chi connectivity index (χ1n) is 12.2. The van der Waals surface area contributed by atoms with Crippen LogP contribution in [0.5, 0.6) is 0 Å². The summed E-state index contributed by atoms with van der Waals surface area (Å²) in [7, 11) is -3.58. The van der Waals surface area contributed by atoms with Gasteiger partial charge in [-0.3, -0.25) is 9.79 Å². The Balaban J connectivity index is 1.40. The molecule has 4 rings (SSSR count). The summed E-state index contributed by atoms with van der Waals surface area (Å²) >= 11 is 0. The fourth-order valence-corrected chi connectivity index (χ4v) is 6.29. The van der Waals surface area contributed by atoms with Gasteiger partial charge in [-0.1, -0.05) is 30.3 Å². The van der Waals surface area contributed by atoms with Crippen LogP contribution >= 0.6 is 0 Å². The van der Waals surface area contributed by atoms with Crippen LogP contribution in [0.15, 0.2) is 47.5 Å². The minimum Gasteiger partial charge on any atom is -0.396 e. The van der Waals surface area contributed by atoms with Crippen LogP contribution in [0, 0.1) is 6.92 Å². The Bertz CT molecular complexity index is 1300. The summed E-state index contributed by atoms with van der Waals surface area (Å²) in [6.45, 7) is 2.27. The normalized spacial score (nSPS) is 18.2. The topological polar surface area (TPSA) is 99.1 Å². The standard InChI is InChI=1S/C26H30F3N3O4S/c1-18-16-19(4-3-14-33)7-8-20(18)9-15-37(35,36)32-12-10-25(11-13-32)24(34)30-23(31-25)21-5-2-6-22(17-21)26(27,28)29/h2,5-8,16-17,33H,3-4,9-15H2,1H3,(H,30,31,34). The number of halogens is 3. The Morgan fingerprint density at radius 2 is 1.84 bits per heavy atom. The van der Waals surface area contributed by atoms with Gasteiger partial charge in [-0.25, -0.2) is 12.7 Å². The van der Waals surface area contributed by atoms with Gasteiger partial charge < -0.3 is 10.4 Å². The number of benzene rings is 2. The monoisotopic (exact) mass is 537 g/mol. The quantitative estimate of drug-likeness (QED) is 0.540. The average Bonchev–Trinajstić information content (AvgIpc) is 3.17. The first-order valence-corrected chi connectivity index (χ1v) is 13.8. The van der Waals surface area contributed by atoms with Crippen molar-refractivity contribution in [1.82, 2.24) is 9.62 Å². The maximum absolute atomic E-state index is 13.1. The van der Waals surface area contributed by atoms with Gasteiger partial charge in [0.2, 0.25) is 10.0 Å². The van der Waals surface area contributed by atoms with Gasteiger partial charge in [-0.05, 0) is 67.9 Å². The van der Waals surface area contributed by atoms with E-state index in [1.807, 2.05) is 25.1 Å². The van der Waals surface area contributed by atoms with Gasteiger partial charge in [-0.15, -0.1) is 0 Å². The molecular formula is C26H30F3N3O4S. The van der Waals surface area contributed by atoms with Crippen molar-refractivity contribution in [3.05, 3.63) is 70.3 Å². The molecule has 0 saturated carbocycles. The third kappa shape index (κ3) is 6.05. The van der Waals surface area contributed by atoms with Crippen molar-refractivity contribution in [2.75, 3.05) is 25.4 Å². The molecule has 2 heterocycles. The molecule has 0 bridgehead atoms. The van der Waals surface area contributed by atoms with Gasteiger partial charge in [0.1, 0.15) is 11.4 Å². The molecule has 0 atom stereocenters. The molecule has 0 aliphatic carbocycles. The number of sulfonamides is 1. The number of aliphatic imine (C=N–C) groups is 1. The number of aryl methyl sites for hydroxylation is 3. The fraction of sp³-hybridized carbons (Fsp3) is 0.462. The lowest BCUT2D eigenvalue weighted by molar-refractivity contribution is -0.137. The highest BCUT2D eigenvalue weighted by molar-refractivity contribution is 7.89. The van der Waals surface area contributed by atoms with E-state index in [0.29, 0.717) is 12.8 Å². The van der Waals surface area contributed by atoms with Crippen molar-refractivity contribution in [3.8, 4) is 0 Å². The Labute approximate surface area is 214 Å². The van der Waals surface area contributed by atoms with Crippen LogP contribution in [0.3, 0.4) is 0 Å². The summed E-state index contributed by atoms with van der Waals surface area (Å²) in [6.07, 6.45) is -2.42. The van der Waals surface area contributed by atoms with Crippen molar-refractivity contribution in [1.29, 1.82) is 0 Å². The van der Waals surface area contributed by atoms with Crippen LogP contribution < -0.4 is 5.32 Å². The molecule has 2 aliphatic rings. The molecule has 11 heteroatoms. The molecule has 2 N–H and O–H groups in total. The second-order valence-electron chi connectivity index (χ2n) is 9.58. The molecule has 1 amide bonds. The van der Waals surface area contributed by atoms with Gasteiger partial charge in [0, 0.05) is 25.3 Å². The molecule has 2 aromatic carbocycles. The highest BCUT2D eigenvalue weighted by Crippen LogP contribution is 2.34. The van der Waals surface area contributed by atoms with E-state index in [4.69, 9.17) is 5.11 Å². The minimum absolute atomic E-state index is 0.0677. The van der Waals surface area contributed by atoms with Crippen molar-refractivity contribution in [2.45, 2.75) is 50.7 Å². The lowest BCUT2D eigenvalue weighted by Gasteiger charge is -2.34. The summed E-state index contributed by atoms with van der Waals surface area (Å²) in [4.78, 5) is 17.2. The van der Waals surface area contributed by atoms with Crippen molar-refractivity contribution in [2.24, 2.45) is 4.99 Å². The number of alkyl halides is 3. The van der Waals surface area contributed by atoms with Crippen LogP contribution in [0.1, 0.15) is 47.1 Å². The zero-order chi connectivity index (χ0) is 26.8. The maximum Gasteiger partial charge on any atom is 0.416 e. The van der Waals surface area contributed by atoms with Gasteiger partial charge >= 0.3 is 6.18 Å². The van der Waals surface area contributed by atoms with Gasteiger partial charge in [0.15, 0.2) is 0 Å². The van der Waals surface area contributed by atoms with Gasteiger partial charge in [0.05, 0.1) is 11.3 Å². The average molecular weight is 538 g/mol. The van der Waals surface area contributed by atoms with E-state index in [1.54, 1.807) is 0 Å². The molecule has 1 fully saturated rings.